The lowest BCUT2D eigenvalue weighted by atomic mass is 9.93. The average Bonchev–Trinajstić information content (AvgIpc) is 3.00. The standard InChI is InChI=1S/C39H68O3/c1-3-5-7-9-11-13-15-17-19-21-23-25-30-34-38(42-35-36-31-27-26-28-32-36)37(39(40)41)33-29-24-22-20-18-16-14-12-10-8-6-4-2/h24,26-29,31-32,37-38H,3-23,25,30,33-35H2,1-2H3,(H,40,41)/b29-24+/t37-,38-/m1/s1. The van der Waals surface area contributed by atoms with Crippen LogP contribution in [0, 0.1) is 5.92 Å². The van der Waals surface area contributed by atoms with Gasteiger partial charge in [0.2, 0.25) is 0 Å². The monoisotopic (exact) mass is 585 g/mol. The first-order valence-corrected chi connectivity index (χ1v) is 18.2. The van der Waals surface area contributed by atoms with Crippen LogP contribution >= 0.6 is 0 Å². The van der Waals surface area contributed by atoms with Gasteiger partial charge in [-0.2, -0.15) is 0 Å². The van der Waals surface area contributed by atoms with Crippen LogP contribution in [0.15, 0.2) is 42.5 Å². The molecule has 1 N–H and O–H groups in total. The molecule has 0 aliphatic heterocycles. The summed E-state index contributed by atoms with van der Waals surface area (Å²) in [6.07, 6.45) is 35.7. The summed E-state index contributed by atoms with van der Waals surface area (Å²) in [6.45, 7) is 5.03. The van der Waals surface area contributed by atoms with Gasteiger partial charge in [-0.25, -0.2) is 0 Å². The summed E-state index contributed by atoms with van der Waals surface area (Å²) in [7, 11) is 0. The largest absolute Gasteiger partial charge is 0.481 e. The molecule has 42 heavy (non-hydrogen) atoms. The molecule has 0 fully saturated rings. The predicted octanol–water partition coefficient (Wildman–Crippen LogP) is 12.6. The summed E-state index contributed by atoms with van der Waals surface area (Å²) in [4.78, 5) is 12.3. The lowest BCUT2D eigenvalue weighted by Crippen LogP contribution is -2.30. The van der Waals surface area contributed by atoms with E-state index in [0.29, 0.717) is 13.0 Å². The molecule has 3 heteroatoms. The van der Waals surface area contributed by atoms with E-state index in [1.54, 1.807) is 0 Å². The van der Waals surface area contributed by atoms with Crippen LogP contribution in [0.2, 0.25) is 0 Å². The minimum Gasteiger partial charge on any atom is -0.481 e. The predicted molar refractivity (Wildman–Crippen MR) is 182 cm³/mol. The highest BCUT2D eigenvalue weighted by atomic mass is 16.5. The van der Waals surface area contributed by atoms with Crippen molar-refractivity contribution in [1.82, 2.24) is 0 Å². The number of carboxylic acids is 1. The van der Waals surface area contributed by atoms with Crippen LogP contribution in [0.3, 0.4) is 0 Å². The molecule has 0 spiro atoms. The maximum atomic E-state index is 12.3. The molecule has 0 amide bonds. The molecule has 0 bridgehead atoms. The number of rotatable bonds is 31. The maximum absolute atomic E-state index is 12.3. The van der Waals surface area contributed by atoms with Crippen LogP contribution in [0.4, 0.5) is 0 Å². The molecule has 1 aromatic rings. The summed E-state index contributed by atoms with van der Waals surface area (Å²) in [5, 5.41) is 10.1. The van der Waals surface area contributed by atoms with E-state index in [1.807, 2.05) is 18.2 Å². The van der Waals surface area contributed by atoms with Crippen molar-refractivity contribution in [2.45, 2.75) is 187 Å². The van der Waals surface area contributed by atoms with Crippen LogP contribution in [0.5, 0.6) is 0 Å². The first-order valence-electron chi connectivity index (χ1n) is 18.2. The van der Waals surface area contributed by atoms with Crippen molar-refractivity contribution >= 4 is 5.97 Å². The van der Waals surface area contributed by atoms with Crippen LogP contribution in [0.25, 0.3) is 0 Å². The molecule has 0 radical (unpaired) electrons. The topological polar surface area (TPSA) is 46.5 Å². The molecule has 0 saturated heterocycles. The van der Waals surface area contributed by atoms with E-state index in [-0.39, 0.29) is 6.10 Å². The highest BCUT2D eigenvalue weighted by Gasteiger charge is 2.27. The second kappa shape index (κ2) is 29.5. The van der Waals surface area contributed by atoms with Crippen molar-refractivity contribution in [3.63, 3.8) is 0 Å². The molecule has 2 atom stereocenters. The molecule has 1 aromatic carbocycles. The van der Waals surface area contributed by atoms with Gasteiger partial charge in [0.15, 0.2) is 0 Å². The Morgan fingerprint density at radius 2 is 1.10 bits per heavy atom. The van der Waals surface area contributed by atoms with Crippen molar-refractivity contribution in [2.75, 3.05) is 0 Å². The Kier molecular flexibility index (Phi) is 26.9. The number of hydrogen-bond donors (Lipinski definition) is 1. The summed E-state index contributed by atoms with van der Waals surface area (Å²) < 4.78 is 6.30. The number of benzene rings is 1. The van der Waals surface area contributed by atoms with Crippen molar-refractivity contribution in [2.24, 2.45) is 5.92 Å². The second-order valence-electron chi connectivity index (χ2n) is 12.6. The Hall–Kier alpha value is -1.61. The lowest BCUT2D eigenvalue weighted by Gasteiger charge is -2.24. The molecule has 0 aliphatic rings. The third-order valence-electron chi connectivity index (χ3n) is 8.70. The van der Waals surface area contributed by atoms with Gasteiger partial charge in [-0.05, 0) is 31.2 Å². The van der Waals surface area contributed by atoms with Gasteiger partial charge >= 0.3 is 5.97 Å². The fraction of sp³-hybridized carbons (Fsp3) is 0.769. The number of hydrogen-bond acceptors (Lipinski definition) is 2. The summed E-state index contributed by atoms with van der Waals surface area (Å²) in [5.74, 6) is -1.21. The van der Waals surface area contributed by atoms with Crippen molar-refractivity contribution < 1.29 is 14.6 Å². The summed E-state index contributed by atoms with van der Waals surface area (Å²) >= 11 is 0. The Morgan fingerprint density at radius 1 is 0.643 bits per heavy atom. The maximum Gasteiger partial charge on any atom is 0.309 e. The number of carbonyl (C=O) groups is 1. The second-order valence-corrected chi connectivity index (χ2v) is 12.6. The van der Waals surface area contributed by atoms with E-state index in [1.165, 1.54) is 135 Å². The average molecular weight is 585 g/mol. The lowest BCUT2D eigenvalue weighted by molar-refractivity contribution is -0.148. The quantitative estimate of drug-likeness (QED) is 0.0697. The van der Waals surface area contributed by atoms with Crippen molar-refractivity contribution in [3.8, 4) is 0 Å². The fourth-order valence-corrected chi connectivity index (χ4v) is 5.89. The molecule has 0 unspecified atom stereocenters. The third kappa shape index (κ3) is 22.9. The number of ether oxygens (including phenoxy) is 1. The van der Waals surface area contributed by atoms with Crippen molar-refractivity contribution in [1.29, 1.82) is 0 Å². The molecule has 242 valence electrons. The minimum atomic E-state index is -0.726. The zero-order valence-corrected chi connectivity index (χ0v) is 27.8. The normalized spacial score (nSPS) is 13.1. The zero-order valence-electron chi connectivity index (χ0n) is 27.8. The fourth-order valence-electron chi connectivity index (χ4n) is 5.89. The van der Waals surface area contributed by atoms with Gasteiger partial charge in [-0.1, -0.05) is 191 Å². The molecular weight excluding hydrogens is 516 g/mol. The molecule has 0 aromatic heterocycles. The van der Waals surface area contributed by atoms with Crippen LogP contribution in [-0.4, -0.2) is 17.2 Å². The highest BCUT2D eigenvalue weighted by Crippen LogP contribution is 2.23. The minimum absolute atomic E-state index is 0.243. The van der Waals surface area contributed by atoms with E-state index in [9.17, 15) is 9.90 Å². The third-order valence-corrected chi connectivity index (χ3v) is 8.70. The Labute approximate surface area is 261 Å². The Balaban J connectivity index is 2.34. The van der Waals surface area contributed by atoms with Gasteiger partial charge in [0.1, 0.15) is 0 Å². The van der Waals surface area contributed by atoms with Gasteiger partial charge in [0, 0.05) is 0 Å². The number of carboxylic acid groups (broad SMARTS) is 1. The molecule has 3 nitrogen and oxygen atoms in total. The molecule has 1 rings (SSSR count). The number of allylic oxidation sites excluding steroid dienone is 2. The first-order chi connectivity index (χ1) is 20.7. The summed E-state index contributed by atoms with van der Waals surface area (Å²) in [5.41, 5.74) is 1.11. The first kappa shape index (κ1) is 38.4. The Morgan fingerprint density at radius 3 is 1.57 bits per heavy atom. The van der Waals surface area contributed by atoms with E-state index in [2.05, 4.69) is 38.1 Å². The smallest absolute Gasteiger partial charge is 0.309 e. The number of unbranched alkanes of at least 4 members (excludes halogenated alkanes) is 21. The Bertz CT molecular complexity index is 728. The highest BCUT2D eigenvalue weighted by molar-refractivity contribution is 5.71. The van der Waals surface area contributed by atoms with Crippen LogP contribution < -0.4 is 0 Å². The van der Waals surface area contributed by atoms with Gasteiger partial charge < -0.3 is 9.84 Å². The summed E-state index contributed by atoms with van der Waals surface area (Å²) in [6, 6.07) is 10.2. The molecular formula is C39H68O3. The van der Waals surface area contributed by atoms with Crippen LogP contribution in [-0.2, 0) is 16.1 Å². The van der Waals surface area contributed by atoms with Gasteiger partial charge in [0.25, 0.3) is 0 Å². The van der Waals surface area contributed by atoms with E-state index < -0.39 is 11.9 Å². The van der Waals surface area contributed by atoms with E-state index in [0.717, 1.165) is 24.8 Å². The van der Waals surface area contributed by atoms with Gasteiger partial charge in [-0.3, -0.25) is 4.79 Å². The van der Waals surface area contributed by atoms with E-state index >= 15 is 0 Å². The molecule has 0 heterocycles. The van der Waals surface area contributed by atoms with Crippen molar-refractivity contribution in [3.05, 3.63) is 48.0 Å². The van der Waals surface area contributed by atoms with Crippen LogP contribution in [0.1, 0.15) is 180 Å². The van der Waals surface area contributed by atoms with Gasteiger partial charge in [0.05, 0.1) is 18.6 Å². The zero-order chi connectivity index (χ0) is 30.4. The molecule has 0 saturated carbocycles. The SMILES string of the molecule is CCCCCCCCCCC/C=C/C[C@@H](C(=O)O)[C@@H](CCCCCCCCCCCCCCC)OCc1ccccc1. The van der Waals surface area contributed by atoms with Gasteiger partial charge in [-0.15, -0.1) is 0 Å². The van der Waals surface area contributed by atoms with E-state index in [4.69, 9.17) is 4.74 Å². The molecule has 0 aliphatic carbocycles. The number of aliphatic carboxylic acids is 1.